The van der Waals surface area contributed by atoms with Gasteiger partial charge in [0, 0.05) is 38.1 Å². The van der Waals surface area contributed by atoms with Crippen molar-refractivity contribution in [2.45, 2.75) is 12.8 Å². The maximum atomic E-state index is 12.1. The normalized spacial score (nSPS) is 10.3. The van der Waals surface area contributed by atoms with E-state index in [1.165, 1.54) is 5.56 Å². The minimum absolute atomic E-state index is 0.0830. The predicted molar refractivity (Wildman–Crippen MR) is 107 cm³/mol. The maximum absolute atomic E-state index is 12.1. The summed E-state index contributed by atoms with van der Waals surface area (Å²) in [6.45, 7) is 1.93. The Bertz CT molecular complexity index is 720. The van der Waals surface area contributed by atoms with Gasteiger partial charge in [-0.05, 0) is 36.6 Å². The fourth-order valence-electron chi connectivity index (χ4n) is 2.53. The largest absolute Gasteiger partial charge is 0.385 e. The van der Waals surface area contributed by atoms with E-state index in [0.717, 1.165) is 18.5 Å². The summed E-state index contributed by atoms with van der Waals surface area (Å²) in [7, 11) is 1.63. The van der Waals surface area contributed by atoms with Crippen LogP contribution in [0.25, 0.3) is 0 Å². The van der Waals surface area contributed by atoms with Gasteiger partial charge < -0.3 is 20.7 Å². The Labute approximate surface area is 160 Å². The fourth-order valence-corrected chi connectivity index (χ4v) is 2.53. The average Bonchev–Trinajstić information content (AvgIpc) is 2.70. The quantitative estimate of drug-likeness (QED) is 0.531. The summed E-state index contributed by atoms with van der Waals surface area (Å²) in [6.07, 6.45) is 1.56. The first kappa shape index (κ1) is 20.5. The van der Waals surface area contributed by atoms with E-state index in [-0.39, 0.29) is 18.4 Å². The molecule has 0 aliphatic rings. The molecule has 0 bridgehead atoms. The van der Waals surface area contributed by atoms with Crippen molar-refractivity contribution < 1.29 is 14.3 Å². The highest BCUT2D eigenvalue weighted by molar-refractivity contribution is 5.95. The van der Waals surface area contributed by atoms with Gasteiger partial charge in [-0.25, -0.2) is 0 Å². The molecule has 0 unspecified atom stereocenters. The molecule has 3 N–H and O–H groups in total. The number of anilines is 1. The molecule has 0 saturated heterocycles. The monoisotopic (exact) mass is 369 g/mol. The molecule has 2 aromatic carbocycles. The lowest BCUT2D eigenvalue weighted by molar-refractivity contribution is -0.119. The van der Waals surface area contributed by atoms with E-state index < -0.39 is 0 Å². The van der Waals surface area contributed by atoms with Crippen molar-refractivity contribution in [1.82, 2.24) is 10.6 Å². The number of amides is 2. The van der Waals surface area contributed by atoms with Crippen LogP contribution >= 0.6 is 0 Å². The number of methoxy groups -OCH3 is 1. The predicted octanol–water partition coefficient (Wildman–Crippen LogP) is 2.22. The van der Waals surface area contributed by atoms with Gasteiger partial charge in [-0.15, -0.1) is 0 Å². The number of nitrogens with one attached hydrogen (secondary N) is 3. The zero-order chi connectivity index (χ0) is 19.3. The summed E-state index contributed by atoms with van der Waals surface area (Å²) in [5, 5.41) is 8.78. The number of carbonyl (C=O) groups excluding carboxylic acids is 2. The Balaban J connectivity index is 1.71. The Kier molecular flexibility index (Phi) is 8.86. The van der Waals surface area contributed by atoms with Gasteiger partial charge in [-0.2, -0.15) is 0 Å². The van der Waals surface area contributed by atoms with Crippen molar-refractivity contribution in [2.75, 3.05) is 38.7 Å². The first-order chi connectivity index (χ1) is 13.2. The van der Waals surface area contributed by atoms with Crippen molar-refractivity contribution in [1.29, 1.82) is 0 Å². The minimum atomic E-state index is -0.137. The van der Waals surface area contributed by atoms with Crippen LogP contribution in [0.1, 0.15) is 22.3 Å². The van der Waals surface area contributed by atoms with E-state index in [1.54, 1.807) is 25.3 Å². The van der Waals surface area contributed by atoms with Crippen molar-refractivity contribution >= 4 is 17.5 Å². The Morgan fingerprint density at radius 3 is 2.56 bits per heavy atom. The standard InChI is InChI=1S/C21H27N3O3/c1-27-14-6-12-23-21(26)18-9-5-10-19(15-18)24-16-20(25)22-13-11-17-7-3-2-4-8-17/h2-5,7-10,15,24H,6,11-14,16H2,1H3,(H,22,25)(H,23,26). The van der Waals surface area contributed by atoms with Crippen LogP contribution in [0.4, 0.5) is 5.69 Å². The lowest BCUT2D eigenvalue weighted by Gasteiger charge is -2.10. The molecular weight excluding hydrogens is 342 g/mol. The van der Waals surface area contributed by atoms with Crippen LogP contribution < -0.4 is 16.0 Å². The first-order valence-corrected chi connectivity index (χ1v) is 9.10. The van der Waals surface area contributed by atoms with Gasteiger partial charge in [0.25, 0.3) is 5.91 Å². The molecule has 0 saturated carbocycles. The van der Waals surface area contributed by atoms with Gasteiger partial charge in [0.1, 0.15) is 0 Å². The molecule has 27 heavy (non-hydrogen) atoms. The number of carbonyl (C=O) groups is 2. The van der Waals surface area contributed by atoms with Crippen LogP contribution in [-0.4, -0.2) is 45.2 Å². The molecule has 0 heterocycles. The lowest BCUT2D eigenvalue weighted by atomic mass is 10.1. The zero-order valence-corrected chi connectivity index (χ0v) is 15.7. The topological polar surface area (TPSA) is 79.5 Å². The summed E-state index contributed by atoms with van der Waals surface area (Å²) >= 11 is 0. The zero-order valence-electron chi connectivity index (χ0n) is 15.7. The van der Waals surface area contributed by atoms with Gasteiger partial charge in [-0.3, -0.25) is 9.59 Å². The highest BCUT2D eigenvalue weighted by atomic mass is 16.5. The summed E-state index contributed by atoms with van der Waals surface area (Å²) < 4.78 is 4.96. The van der Waals surface area contributed by atoms with Crippen LogP contribution in [-0.2, 0) is 16.0 Å². The van der Waals surface area contributed by atoms with Gasteiger partial charge >= 0.3 is 0 Å². The second-order valence-corrected chi connectivity index (χ2v) is 6.12. The van der Waals surface area contributed by atoms with Crippen LogP contribution in [0, 0.1) is 0 Å². The number of rotatable bonds is 11. The second kappa shape index (κ2) is 11.7. The lowest BCUT2D eigenvalue weighted by Crippen LogP contribution is -2.31. The maximum Gasteiger partial charge on any atom is 0.251 e. The Hall–Kier alpha value is -2.86. The molecular formula is C21H27N3O3. The fraction of sp³-hybridized carbons (Fsp3) is 0.333. The molecule has 6 heteroatoms. The summed E-state index contributed by atoms with van der Waals surface area (Å²) in [5.41, 5.74) is 2.48. The van der Waals surface area contributed by atoms with Crippen LogP contribution in [0.5, 0.6) is 0 Å². The number of benzene rings is 2. The molecule has 0 aromatic heterocycles. The Morgan fingerprint density at radius 1 is 0.963 bits per heavy atom. The first-order valence-electron chi connectivity index (χ1n) is 9.10. The minimum Gasteiger partial charge on any atom is -0.385 e. The molecule has 0 aliphatic carbocycles. The van der Waals surface area contributed by atoms with E-state index in [2.05, 4.69) is 16.0 Å². The van der Waals surface area contributed by atoms with Crippen molar-refractivity contribution in [3.05, 3.63) is 65.7 Å². The molecule has 0 aliphatic heterocycles. The smallest absolute Gasteiger partial charge is 0.251 e. The SMILES string of the molecule is COCCCNC(=O)c1cccc(NCC(=O)NCCc2ccccc2)c1. The van der Waals surface area contributed by atoms with E-state index >= 15 is 0 Å². The third kappa shape index (κ3) is 7.92. The van der Waals surface area contributed by atoms with Crippen LogP contribution in [0.3, 0.4) is 0 Å². The third-order valence-corrected chi connectivity index (χ3v) is 3.97. The molecule has 2 rings (SSSR count). The van der Waals surface area contributed by atoms with E-state index in [4.69, 9.17) is 4.74 Å². The molecule has 6 nitrogen and oxygen atoms in total. The molecule has 0 spiro atoms. The molecule has 2 amide bonds. The number of ether oxygens (including phenoxy) is 1. The molecule has 0 atom stereocenters. The Morgan fingerprint density at radius 2 is 1.78 bits per heavy atom. The van der Waals surface area contributed by atoms with E-state index in [1.807, 2.05) is 36.4 Å². The highest BCUT2D eigenvalue weighted by Crippen LogP contribution is 2.10. The van der Waals surface area contributed by atoms with Gasteiger partial charge in [-0.1, -0.05) is 36.4 Å². The highest BCUT2D eigenvalue weighted by Gasteiger charge is 2.06. The van der Waals surface area contributed by atoms with Crippen molar-refractivity contribution in [2.24, 2.45) is 0 Å². The molecule has 0 radical (unpaired) electrons. The average molecular weight is 369 g/mol. The van der Waals surface area contributed by atoms with Gasteiger partial charge in [0.2, 0.25) is 5.91 Å². The number of hydrogen-bond donors (Lipinski definition) is 3. The number of hydrogen-bond acceptors (Lipinski definition) is 4. The van der Waals surface area contributed by atoms with Gasteiger partial charge in [0.15, 0.2) is 0 Å². The van der Waals surface area contributed by atoms with Crippen LogP contribution in [0.2, 0.25) is 0 Å². The van der Waals surface area contributed by atoms with E-state index in [0.29, 0.717) is 25.3 Å². The molecule has 2 aromatic rings. The third-order valence-electron chi connectivity index (χ3n) is 3.97. The van der Waals surface area contributed by atoms with Crippen molar-refractivity contribution in [3.63, 3.8) is 0 Å². The van der Waals surface area contributed by atoms with E-state index in [9.17, 15) is 9.59 Å². The van der Waals surface area contributed by atoms with Crippen molar-refractivity contribution in [3.8, 4) is 0 Å². The summed E-state index contributed by atoms with van der Waals surface area (Å²) in [5.74, 6) is -0.220. The summed E-state index contributed by atoms with van der Waals surface area (Å²) in [6, 6.07) is 17.1. The van der Waals surface area contributed by atoms with Crippen LogP contribution in [0.15, 0.2) is 54.6 Å². The summed E-state index contributed by atoms with van der Waals surface area (Å²) in [4.78, 5) is 24.1. The molecule has 0 fully saturated rings. The van der Waals surface area contributed by atoms with Gasteiger partial charge in [0.05, 0.1) is 6.54 Å². The second-order valence-electron chi connectivity index (χ2n) is 6.12. The molecule has 144 valence electrons.